The second-order valence-electron chi connectivity index (χ2n) is 4.75. The van der Waals surface area contributed by atoms with Gasteiger partial charge in [-0.2, -0.15) is 0 Å². The summed E-state index contributed by atoms with van der Waals surface area (Å²) in [6, 6.07) is 3.50. The summed E-state index contributed by atoms with van der Waals surface area (Å²) in [5, 5.41) is 17.0. The van der Waals surface area contributed by atoms with Gasteiger partial charge in [-0.05, 0) is 32.9 Å². The fourth-order valence-corrected chi connectivity index (χ4v) is 1.78. The highest BCUT2D eigenvalue weighted by atomic mass is 16.4. The van der Waals surface area contributed by atoms with E-state index in [0.29, 0.717) is 11.2 Å². The smallest absolute Gasteiger partial charge is 0.412 e. The maximum absolute atomic E-state index is 11.4. The minimum absolute atomic E-state index is 0.530. The van der Waals surface area contributed by atoms with Gasteiger partial charge in [0.15, 0.2) is 0 Å². The maximum Gasteiger partial charge on any atom is 0.412 e. The van der Waals surface area contributed by atoms with E-state index in [1.807, 2.05) is 20.8 Å². The zero-order valence-corrected chi connectivity index (χ0v) is 9.95. The quantitative estimate of drug-likeness (QED) is 0.819. The summed E-state index contributed by atoms with van der Waals surface area (Å²) < 4.78 is 1.55. The molecule has 6 nitrogen and oxygen atoms in total. The predicted molar refractivity (Wildman–Crippen MR) is 63.2 cm³/mol. The van der Waals surface area contributed by atoms with Gasteiger partial charge in [-0.15, -0.1) is 5.10 Å². The van der Waals surface area contributed by atoms with Gasteiger partial charge in [0.05, 0.1) is 11.9 Å². The molecule has 0 aliphatic rings. The molecule has 0 saturated carbocycles. The van der Waals surface area contributed by atoms with Crippen LogP contribution in [0.5, 0.6) is 0 Å². The molecule has 0 aromatic carbocycles. The normalized spacial score (nSPS) is 11.7. The minimum Gasteiger partial charge on any atom is -0.465 e. The van der Waals surface area contributed by atoms with Crippen LogP contribution in [0.3, 0.4) is 0 Å². The lowest BCUT2D eigenvalue weighted by Crippen LogP contribution is -2.45. The third kappa shape index (κ3) is 1.93. The summed E-state index contributed by atoms with van der Waals surface area (Å²) in [4.78, 5) is 12.7. The van der Waals surface area contributed by atoms with Crippen molar-refractivity contribution < 1.29 is 9.90 Å². The summed E-state index contributed by atoms with van der Waals surface area (Å²) in [6.07, 6.45) is 2.29. The van der Waals surface area contributed by atoms with E-state index in [1.54, 1.807) is 29.0 Å². The summed E-state index contributed by atoms with van der Waals surface area (Å²) in [6.45, 7) is 5.53. The zero-order chi connectivity index (χ0) is 12.6. The largest absolute Gasteiger partial charge is 0.465 e. The number of rotatable bonds is 1. The van der Waals surface area contributed by atoms with Crippen LogP contribution < -0.4 is 4.90 Å². The molecule has 0 unspecified atom stereocenters. The highest BCUT2D eigenvalue weighted by molar-refractivity contribution is 5.93. The number of fused-ring (bicyclic) bond motifs is 1. The summed E-state index contributed by atoms with van der Waals surface area (Å²) in [5.41, 5.74) is 0.722. The summed E-state index contributed by atoms with van der Waals surface area (Å²) >= 11 is 0. The Labute approximate surface area is 98.5 Å². The van der Waals surface area contributed by atoms with Crippen molar-refractivity contribution in [1.82, 2.24) is 14.8 Å². The third-order valence-electron chi connectivity index (χ3n) is 2.42. The van der Waals surface area contributed by atoms with E-state index < -0.39 is 11.6 Å². The van der Waals surface area contributed by atoms with Gasteiger partial charge < -0.3 is 5.11 Å². The van der Waals surface area contributed by atoms with E-state index in [-0.39, 0.29) is 0 Å². The lowest BCUT2D eigenvalue weighted by atomic mass is 10.1. The molecule has 0 saturated heterocycles. The van der Waals surface area contributed by atoms with Crippen LogP contribution in [-0.2, 0) is 0 Å². The first-order valence-corrected chi connectivity index (χ1v) is 5.23. The van der Waals surface area contributed by atoms with Crippen molar-refractivity contribution in [3.05, 3.63) is 24.5 Å². The Morgan fingerprint density at radius 2 is 2.18 bits per heavy atom. The molecule has 0 aliphatic heterocycles. The molecule has 0 spiro atoms. The van der Waals surface area contributed by atoms with Gasteiger partial charge in [-0.3, -0.25) is 4.90 Å². The molecule has 2 aromatic heterocycles. The van der Waals surface area contributed by atoms with Crippen LogP contribution >= 0.6 is 0 Å². The summed E-state index contributed by atoms with van der Waals surface area (Å²) in [5.74, 6) is 0. The molecule has 1 N–H and O–H groups in total. The number of nitrogens with zero attached hydrogens (tertiary/aromatic N) is 4. The molecule has 17 heavy (non-hydrogen) atoms. The number of hydrogen-bond donors (Lipinski definition) is 1. The lowest BCUT2D eigenvalue weighted by Gasteiger charge is -2.33. The van der Waals surface area contributed by atoms with E-state index >= 15 is 0 Å². The minimum atomic E-state index is -0.994. The number of pyridine rings is 1. The van der Waals surface area contributed by atoms with Crippen LogP contribution in [0.25, 0.3) is 5.52 Å². The van der Waals surface area contributed by atoms with Crippen LogP contribution in [0, 0.1) is 0 Å². The van der Waals surface area contributed by atoms with E-state index in [9.17, 15) is 9.90 Å². The van der Waals surface area contributed by atoms with Gasteiger partial charge in [0.2, 0.25) is 0 Å². The van der Waals surface area contributed by atoms with Crippen LogP contribution in [0.2, 0.25) is 0 Å². The molecule has 0 atom stereocenters. The van der Waals surface area contributed by atoms with Crippen molar-refractivity contribution in [3.63, 3.8) is 0 Å². The number of anilines is 1. The van der Waals surface area contributed by atoms with Gasteiger partial charge >= 0.3 is 6.09 Å². The number of amides is 1. The third-order valence-corrected chi connectivity index (χ3v) is 2.42. The van der Waals surface area contributed by atoms with E-state index in [4.69, 9.17) is 0 Å². The molecule has 6 heteroatoms. The molecule has 2 heterocycles. The van der Waals surface area contributed by atoms with Gasteiger partial charge in [0.25, 0.3) is 0 Å². The fraction of sp³-hybridized carbons (Fsp3) is 0.364. The highest BCUT2D eigenvalue weighted by Crippen LogP contribution is 2.27. The van der Waals surface area contributed by atoms with Crippen molar-refractivity contribution in [2.45, 2.75) is 26.3 Å². The molecule has 0 bridgehead atoms. The van der Waals surface area contributed by atoms with Gasteiger partial charge in [0, 0.05) is 11.7 Å². The SMILES string of the molecule is CC(C)(C)N(C(=O)O)c1cccn2nncc12. The van der Waals surface area contributed by atoms with Crippen LogP contribution in [0.4, 0.5) is 10.5 Å². The fourth-order valence-electron chi connectivity index (χ4n) is 1.78. The zero-order valence-electron chi connectivity index (χ0n) is 9.95. The first kappa shape index (κ1) is 11.4. The molecule has 0 fully saturated rings. The van der Waals surface area contributed by atoms with Gasteiger partial charge in [-0.1, -0.05) is 5.21 Å². The number of carboxylic acid groups (broad SMARTS) is 1. The Kier molecular flexibility index (Phi) is 2.49. The molecule has 90 valence electrons. The lowest BCUT2D eigenvalue weighted by molar-refractivity contribution is 0.195. The van der Waals surface area contributed by atoms with Crippen molar-refractivity contribution in [3.8, 4) is 0 Å². The Morgan fingerprint density at radius 1 is 1.47 bits per heavy atom. The predicted octanol–water partition coefficient (Wildman–Crippen LogP) is 2.01. The summed E-state index contributed by atoms with van der Waals surface area (Å²) in [7, 11) is 0. The molecule has 2 rings (SSSR count). The molecule has 0 aliphatic carbocycles. The Hall–Kier alpha value is -2.11. The number of aromatic nitrogens is 3. The molecular formula is C11H14N4O2. The Balaban J connectivity index is 2.64. The molecule has 0 radical (unpaired) electrons. The molecule has 2 aromatic rings. The number of hydrogen-bond acceptors (Lipinski definition) is 3. The van der Waals surface area contributed by atoms with Crippen molar-refractivity contribution in [2.75, 3.05) is 4.90 Å². The van der Waals surface area contributed by atoms with Crippen LogP contribution in [0.1, 0.15) is 20.8 Å². The Bertz CT molecular complexity index is 556. The number of carbonyl (C=O) groups is 1. The average molecular weight is 234 g/mol. The second-order valence-corrected chi connectivity index (χ2v) is 4.75. The second kappa shape index (κ2) is 3.73. The van der Waals surface area contributed by atoms with Gasteiger partial charge in [-0.25, -0.2) is 9.31 Å². The average Bonchev–Trinajstić information content (AvgIpc) is 2.63. The highest BCUT2D eigenvalue weighted by Gasteiger charge is 2.29. The first-order chi connectivity index (χ1) is 7.91. The van der Waals surface area contributed by atoms with E-state index in [0.717, 1.165) is 0 Å². The monoisotopic (exact) mass is 234 g/mol. The topological polar surface area (TPSA) is 70.7 Å². The van der Waals surface area contributed by atoms with E-state index in [2.05, 4.69) is 10.3 Å². The van der Waals surface area contributed by atoms with Gasteiger partial charge in [0.1, 0.15) is 5.52 Å². The first-order valence-electron chi connectivity index (χ1n) is 5.23. The van der Waals surface area contributed by atoms with Crippen LogP contribution in [-0.4, -0.2) is 31.6 Å². The standard InChI is InChI=1S/C11H14N4O2/c1-11(2,3)15(10(16)17)8-5-4-6-14-9(8)7-12-13-14/h4-7H,1-3H3,(H,16,17). The molecule has 1 amide bonds. The van der Waals surface area contributed by atoms with Crippen LogP contribution in [0.15, 0.2) is 24.5 Å². The molecular weight excluding hydrogens is 220 g/mol. The Morgan fingerprint density at radius 3 is 2.76 bits per heavy atom. The van der Waals surface area contributed by atoms with E-state index in [1.165, 1.54) is 4.90 Å². The van der Waals surface area contributed by atoms with Crippen molar-refractivity contribution >= 4 is 17.3 Å². The maximum atomic E-state index is 11.4. The van der Waals surface area contributed by atoms with Crippen molar-refractivity contribution in [2.24, 2.45) is 0 Å². The van der Waals surface area contributed by atoms with Crippen molar-refractivity contribution in [1.29, 1.82) is 0 Å².